The van der Waals surface area contributed by atoms with Gasteiger partial charge in [0.1, 0.15) is 0 Å². The van der Waals surface area contributed by atoms with Crippen LogP contribution in [0.5, 0.6) is 0 Å². The Bertz CT molecular complexity index is 898. The zero-order chi connectivity index (χ0) is 39.0. The third-order valence-corrected chi connectivity index (χ3v) is 9.54. The Morgan fingerprint density at radius 1 is 0.315 bits per heavy atom. The van der Waals surface area contributed by atoms with Crippen LogP contribution < -0.4 is 29.6 Å². The molecule has 0 bridgehead atoms. The van der Waals surface area contributed by atoms with Crippen molar-refractivity contribution in [1.82, 2.24) is 0 Å². The second kappa shape index (κ2) is 50.2. The first kappa shape index (κ1) is 66.9. The smallest absolute Gasteiger partial charge is 0.726 e. The van der Waals surface area contributed by atoms with Crippen LogP contribution in [0.1, 0.15) is 213 Å². The van der Waals surface area contributed by atoms with Crippen LogP contribution in [0.4, 0.5) is 4.70 Å². The third-order valence-electron chi connectivity index (χ3n) is 8.18. The fourth-order valence-corrected chi connectivity index (χ4v) is 6.22. The molecule has 0 aromatic heterocycles. The van der Waals surface area contributed by atoms with Gasteiger partial charge in [-0.1, -0.05) is 194 Å². The SMILES string of the molecule is CCCCCCCCCCCCOS(=O)(=O)[O-].CCCCCCCCCCCCOS(=O)(=O)[O-].CCCCCCCCCCCCOS(=O)(=O)[O-].F.[Fe+2].[Na+]. The summed E-state index contributed by atoms with van der Waals surface area (Å²) in [5, 5.41) is 0. The average Bonchev–Trinajstić information content (AvgIpc) is 3.04. The van der Waals surface area contributed by atoms with Crippen molar-refractivity contribution in [2.45, 2.75) is 213 Å². The number of hydrogen-bond acceptors (Lipinski definition) is 12. The van der Waals surface area contributed by atoms with Crippen LogP contribution in [0.2, 0.25) is 0 Å². The molecule has 0 aliphatic rings. The van der Waals surface area contributed by atoms with Crippen molar-refractivity contribution < 1.29 is 103 Å². The number of halogens is 1. The van der Waals surface area contributed by atoms with Gasteiger partial charge in [0.2, 0.25) is 31.2 Å². The Labute approximate surface area is 364 Å². The largest absolute Gasteiger partial charge is 2.00 e. The molecule has 0 unspecified atom stereocenters. The zero-order valence-corrected chi connectivity index (χ0v) is 39.8. The van der Waals surface area contributed by atoms with Crippen LogP contribution in [0, 0.1) is 0 Å². The number of rotatable bonds is 36. The van der Waals surface area contributed by atoms with E-state index < -0.39 is 31.2 Å². The summed E-state index contributed by atoms with van der Waals surface area (Å²) in [5.74, 6) is 0. The maximum Gasteiger partial charge on any atom is 2.00 e. The van der Waals surface area contributed by atoms with Crippen molar-refractivity contribution in [1.29, 1.82) is 0 Å². The monoisotopic (exact) mass is 894 g/mol. The fourth-order valence-electron chi connectivity index (χ4n) is 5.25. The first-order valence-electron chi connectivity index (χ1n) is 20.0. The molecule has 0 rings (SSSR count). The second-order valence-corrected chi connectivity index (χ2v) is 16.4. The van der Waals surface area contributed by atoms with Gasteiger partial charge in [0.15, 0.2) is 0 Å². The molecule has 18 heteroatoms. The molecule has 0 saturated heterocycles. The summed E-state index contributed by atoms with van der Waals surface area (Å²) in [7, 11) is -13.5. The first-order valence-corrected chi connectivity index (χ1v) is 24.0. The van der Waals surface area contributed by atoms with Crippen LogP contribution in [0.25, 0.3) is 0 Å². The minimum atomic E-state index is -4.48. The van der Waals surface area contributed by atoms with Crippen molar-refractivity contribution in [2.24, 2.45) is 0 Å². The molecule has 54 heavy (non-hydrogen) atoms. The van der Waals surface area contributed by atoms with Crippen molar-refractivity contribution in [3.63, 3.8) is 0 Å². The molecule has 0 fully saturated rings. The molecule has 0 spiro atoms. The van der Waals surface area contributed by atoms with Crippen LogP contribution in [-0.2, 0) is 60.8 Å². The molecule has 0 atom stereocenters. The first-order chi connectivity index (χ1) is 24.2. The van der Waals surface area contributed by atoms with Crippen LogP contribution in [0.15, 0.2) is 0 Å². The molecule has 0 aromatic carbocycles. The van der Waals surface area contributed by atoms with E-state index in [4.69, 9.17) is 0 Å². The van der Waals surface area contributed by atoms with Gasteiger partial charge >= 0.3 is 46.6 Å². The maximum absolute atomic E-state index is 10.1. The average molecular weight is 895 g/mol. The van der Waals surface area contributed by atoms with Crippen LogP contribution in [-0.4, -0.2) is 58.7 Å². The minimum absolute atomic E-state index is 0. The van der Waals surface area contributed by atoms with E-state index in [0.29, 0.717) is 19.3 Å². The molecule has 0 saturated carbocycles. The van der Waals surface area contributed by atoms with Gasteiger partial charge in [0.25, 0.3) is 0 Å². The van der Waals surface area contributed by atoms with Gasteiger partial charge in [-0.2, -0.15) is 0 Å². The van der Waals surface area contributed by atoms with E-state index in [-0.39, 0.29) is 71.2 Å². The second-order valence-electron chi connectivity index (χ2n) is 13.2. The predicted molar refractivity (Wildman–Crippen MR) is 205 cm³/mol. The van der Waals surface area contributed by atoms with Crippen molar-refractivity contribution in [2.75, 3.05) is 19.8 Å². The van der Waals surface area contributed by atoms with Gasteiger partial charge in [-0.05, 0) is 19.3 Å². The van der Waals surface area contributed by atoms with E-state index in [0.717, 1.165) is 38.5 Å². The summed E-state index contributed by atoms with van der Waals surface area (Å²) in [6, 6.07) is 0. The maximum atomic E-state index is 10.1. The Balaban J connectivity index is -0.000000156. The minimum Gasteiger partial charge on any atom is -0.726 e. The molecule has 0 amide bonds. The van der Waals surface area contributed by atoms with Gasteiger partial charge in [0, 0.05) is 0 Å². The summed E-state index contributed by atoms with van der Waals surface area (Å²) >= 11 is 0. The standard InChI is InChI=1S/3C12H26O4S.FH.Fe.Na/c3*1-2-3-4-5-6-7-8-9-10-11-12-16-17(13,14)15;;;/h3*2-12H2,1H3,(H,13,14,15);1H;;/q;;;;+2;+1/p-3. The zero-order valence-electron chi connectivity index (χ0n) is 34.2. The predicted octanol–water partition coefficient (Wildman–Crippen LogP) is 7.31. The summed E-state index contributed by atoms with van der Waals surface area (Å²) in [6.45, 7) is 6.73. The van der Waals surface area contributed by atoms with E-state index in [1.165, 1.54) is 135 Å². The van der Waals surface area contributed by atoms with E-state index in [9.17, 15) is 38.9 Å². The number of unbranched alkanes of at least 4 members (excludes halogenated alkanes) is 27. The van der Waals surface area contributed by atoms with Gasteiger partial charge < -0.3 is 13.7 Å². The molecule has 326 valence electrons. The summed E-state index contributed by atoms with van der Waals surface area (Å²) in [5.41, 5.74) is 0. The molecular weight excluding hydrogens is 818 g/mol. The van der Waals surface area contributed by atoms with E-state index in [2.05, 4.69) is 33.3 Å². The van der Waals surface area contributed by atoms with Gasteiger partial charge in [0.05, 0.1) is 19.8 Å². The summed E-state index contributed by atoms with van der Waals surface area (Å²) in [6.07, 6.45) is 35.1. The van der Waals surface area contributed by atoms with Crippen molar-refractivity contribution in [3.05, 3.63) is 0 Å². The molecule has 0 N–H and O–H groups in total. The van der Waals surface area contributed by atoms with E-state index >= 15 is 0 Å². The van der Waals surface area contributed by atoms with Crippen molar-refractivity contribution in [3.8, 4) is 0 Å². The molecule has 0 aromatic rings. The van der Waals surface area contributed by atoms with Crippen LogP contribution in [0.3, 0.4) is 0 Å². The third kappa shape index (κ3) is 77.6. The molecule has 0 aliphatic heterocycles. The molecule has 12 nitrogen and oxygen atoms in total. The Morgan fingerprint density at radius 3 is 0.574 bits per heavy atom. The topological polar surface area (TPSA) is 199 Å². The van der Waals surface area contributed by atoms with Gasteiger partial charge in [-0.3, -0.25) is 17.3 Å². The molecule has 0 radical (unpaired) electrons. The molecule has 0 heterocycles. The Morgan fingerprint density at radius 2 is 0.444 bits per heavy atom. The Hall–Kier alpha value is 1.06. The quantitative estimate of drug-likeness (QED) is 0.0263. The van der Waals surface area contributed by atoms with Gasteiger partial charge in [-0.25, -0.2) is 25.3 Å². The van der Waals surface area contributed by atoms with Gasteiger partial charge in [-0.15, -0.1) is 0 Å². The molecule has 0 aliphatic carbocycles. The molecular formula is C36H76FFeNaO12S3. The number of hydrogen-bond donors (Lipinski definition) is 0. The summed E-state index contributed by atoms with van der Waals surface area (Å²) in [4.78, 5) is 0. The Kier molecular flexibility index (Phi) is 62.2. The normalized spacial score (nSPS) is 11.2. The fraction of sp³-hybridized carbons (Fsp3) is 1.00. The summed E-state index contributed by atoms with van der Waals surface area (Å²) < 4.78 is 103. The van der Waals surface area contributed by atoms with E-state index in [1.54, 1.807) is 0 Å². The van der Waals surface area contributed by atoms with Crippen molar-refractivity contribution >= 4 is 31.2 Å². The van der Waals surface area contributed by atoms with E-state index in [1.807, 2.05) is 0 Å². The van der Waals surface area contributed by atoms with Crippen LogP contribution >= 0.6 is 0 Å².